The summed E-state index contributed by atoms with van der Waals surface area (Å²) in [6, 6.07) is 12.7. The van der Waals surface area contributed by atoms with Gasteiger partial charge in [-0.25, -0.2) is 13.5 Å². The maximum Gasteiger partial charge on any atom is 0.214 e. The van der Waals surface area contributed by atoms with Crippen molar-refractivity contribution in [2.24, 2.45) is 0 Å². The first-order chi connectivity index (χ1) is 18.4. The van der Waals surface area contributed by atoms with Crippen LogP contribution in [0.25, 0.3) is 16.6 Å². The molecule has 4 N–H and O–H groups in total. The van der Waals surface area contributed by atoms with Crippen molar-refractivity contribution in [1.82, 2.24) is 14.8 Å². The maximum atomic E-state index is 14.5. The lowest BCUT2D eigenvalue weighted by Crippen LogP contribution is -2.18. The number of nitrogens with one attached hydrogen (secondary N) is 2. The zero-order chi connectivity index (χ0) is 28.1. The molecule has 2 aromatic heterocycles. The van der Waals surface area contributed by atoms with Gasteiger partial charge in [-0.2, -0.15) is 9.49 Å². The van der Waals surface area contributed by atoms with Crippen molar-refractivity contribution in [3.63, 3.8) is 0 Å². The zero-order valence-electron chi connectivity index (χ0n) is 21.1. The predicted molar refractivity (Wildman–Crippen MR) is 146 cm³/mol. The number of nitrogens with two attached hydrogens (primary N) is 1. The van der Waals surface area contributed by atoms with Gasteiger partial charge in [-0.3, -0.25) is 9.00 Å². The van der Waals surface area contributed by atoms with E-state index in [1.807, 2.05) is 0 Å². The van der Waals surface area contributed by atoms with Gasteiger partial charge >= 0.3 is 0 Å². The molecule has 0 amide bonds. The van der Waals surface area contributed by atoms with E-state index in [2.05, 4.69) is 14.8 Å². The maximum absolute atomic E-state index is 14.5. The van der Waals surface area contributed by atoms with E-state index >= 15 is 0 Å². The van der Waals surface area contributed by atoms with Crippen LogP contribution in [0.2, 0.25) is 0 Å². The van der Waals surface area contributed by atoms with Gasteiger partial charge in [0, 0.05) is 29.5 Å². The van der Waals surface area contributed by atoms with Crippen LogP contribution in [0.3, 0.4) is 0 Å². The predicted octanol–water partition coefficient (Wildman–Crippen LogP) is 5.29. The Labute approximate surface area is 222 Å². The first-order valence-corrected chi connectivity index (χ1v) is 14.3. The second kappa shape index (κ2) is 9.62. The first-order valence-electron chi connectivity index (χ1n) is 11.7. The number of aryl methyl sites for hydroxylation is 1. The number of hydrogen-bond donors (Lipinski definition) is 4. The van der Waals surface area contributed by atoms with Gasteiger partial charge in [0.05, 0.1) is 28.8 Å². The van der Waals surface area contributed by atoms with Crippen LogP contribution in [0.1, 0.15) is 21.6 Å². The number of benzene rings is 3. The number of nitrogen functional groups attached to an aromatic ring is 1. The van der Waals surface area contributed by atoms with Crippen LogP contribution in [0, 0.1) is 24.4 Å². The van der Waals surface area contributed by atoms with E-state index in [4.69, 9.17) is 10.5 Å². The summed E-state index contributed by atoms with van der Waals surface area (Å²) in [5, 5.41) is 4.80. The smallest absolute Gasteiger partial charge is 0.214 e. The zero-order valence-corrected chi connectivity index (χ0v) is 21.9. The fourth-order valence-electron chi connectivity index (χ4n) is 4.14. The number of thiol groups is 1. The minimum atomic E-state index is -2.75. The molecule has 2 heterocycles. The number of carbonyl (C=O) groups excluding carboxylic acids is 1. The van der Waals surface area contributed by atoms with E-state index in [9.17, 15) is 22.2 Å². The molecule has 3 aromatic carbocycles. The number of rotatable bonds is 7. The van der Waals surface area contributed by atoms with Crippen LogP contribution in [-0.2, 0) is 10.1 Å². The number of carbonyl (C=O) groups is 1. The van der Waals surface area contributed by atoms with E-state index in [-0.39, 0.29) is 34.3 Å². The number of anilines is 2. The molecule has 0 radical (unpaired) electrons. The van der Waals surface area contributed by atoms with E-state index in [1.165, 1.54) is 47.7 Å². The second-order valence-corrected chi connectivity index (χ2v) is 12.3. The van der Waals surface area contributed by atoms with Crippen molar-refractivity contribution >= 4 is 38.3 Å². The Morgan fingerprint density at radius 1 is 1.08 bits per heavy atom. The monoisotopic (exact) mass is 555 g/mol. The van der Waals surface area contributed by atoms with Gasteiger partial charge in [0.15, 0.2) is 11.6 Å². The fraction of sp³-hybridized carbons (Fsp3) is 0.111. The van der Waals surface area contributed by atoms with Crippen LogP contribution < -0.4 is 15.2 Å². The van der Waals surface area contributed by atoms with Crippen LogP contribution >= 0.6 is 0 Å². The normalized spacial score (nSPS) is 12.1. The third-order valence-electron chi connectivity index (χ3n) is 5.93. The van der Waals surface area contributed by atoms with Crippen LogP contribution in [0.15, 0.2) is 60.8 Å². The molecule has 0 unspecified atom stereocenters. The minimum absolute atomic E-state index is 0.0676. The van der Waals surface area contributed by atoms with Crippen LogP contribution in [0.4, 0.5) is 24.7 Å². The molecule has 202 valence electrons. The van der Waals surface area contributed by atoms with Gasteiger partial charge in [-0.1, -0.05) is 6.07 Å². The summed E-state index contributed by atoms with van der Waals surface area (Å²) in [4.78, 5) is 16.2. The molecular weight excluding hydrogens is 531 g/mol. The lowest BCUT2D eigenvalue weighted by Gasteiger charge is -2.16. The molecule has 0 fully saturated rings. The summed E-state index contributed by atoms with van der Waals surface area (Å²) in [5.74, 6) is -3.10. The fourth-order valence-corrected chi connectivity index (χ4v) is 4.89. The van der Waals surface area contributed by atoms with Gasteiger partial charge in [0.2, 0.25) is 11.6 Å². The van der Waals surface area contributed by atoms with Gasteiger partial charge < -0.3 is 20.2 Å². The Morgan fingerprint density at radius 2 is 1.85 bits per heavy atom. The molecule has 8 nitrogen and oxygen atoms in total. The average Bonchev–Trinajstić information content (AvgIpc) is 3.44. The quantitative estimate of drug-likeness (QED) is 0.161. The Bertz CT molecular complexity index is 1810. The van der Waals surface area contributed by atoms with Gasteiger partial charge in [-0.05, 0) is 65.1 Å². The summed E-state index contributed by atoms with van der Waals surface area (Å²) in [6.45, 7) is 1.75. The number of halogens is 3. The lowest BCUT2D eigenvalue weighted by atomic mass is 10.1. The van der Waals surface area contributed by atoms with Crippen molar-refractivity contribution in [1.29, 1.82) is 0 Å². The first kappa shape index (κ1) is 26.0. The molecule has 5 aromatic rings. The third-order valence-corrected chi connectivity index (χ3v) is 6.71. The molecule has 12 heteroatoms. The van der Waals surface area contributed by atoms with Crippen molar-refractivity contribution in [2.45, 2.75) is 6.92 Å². The number of fused-ring (bicyclic) bond motifs is 1. The number of H-pyrrole nitrogens is 1. The van der Waals surface area contributed by atoms with Gasteiger partial charge in [0.25, 0.3) is 0 Å². The highest BCUT2D eigenvalue weighted by Gasteiger charge is 2.21. The Morgan fingerprint density at radius 3 is 2.56 bits per heavy atom. The molecule has 0 spiro atoms. The number of nitrogens with zero attached hydrogens (tertiary/aromatic N) is 2. The van der Waals surface area contributed by atoms with E-state index in [0.717, 1.165) is 6.07 Å². The van der Waals surface area contributed by atoms with Crippen LogP contribution in [0.5, 0.6) is 11.5 Å². The summed E-state index contributed by atoms with van der Waals surface area (Å²) >= 11 is 0. The highest BCUT2D eigenvalue weighted by Crippen LogP contribution is 2.31. The average molecular weight is 556 g/mol. The van der Waals surface area contributed by atoms with Gasteiger partial charge in [0.1, 0.15) is 17.4 Å². The molecule has 0 aliphatic rings. The standard InChI is InChI=1S/C27H24F3N5O3S/c1-14-9-16(38-24-6-4-5-18(28)25(24)30)7-8-23(14)35-27(31)17(13-32-35)26(36)22-11-15-10-21(34-39(2,3)37)19(29)12-20(15)33-22/h4-13,33,39H,31H2,1-3H3,(H,34,37). The molecule has 0 bridgehead atoms. The topological polar surface area (TPSA) is 115 Å². The largest absolute Gasteiger partial charge is 0.454 e. The Kier molecular flexibility index (Phi) is 6.43. The van der Waals surface area contributed by atoms with Crippen molar-refractivity contribution in [3.8, 4) is 17.2 Å². The summed E-state index contributed by atoms with van der Waals surface area (Å²) in [7, 11) is -2.75. The Balaban J connectivity index is 1.42. The summed E-state index contributed by atoms with van der Waals surface area (Å²) in [6.07, 6.45) is 4.29. The van der Waals surface area contributed by atoms with Crippen LogP contribution in [-0.4, -0.2) is 37.3 Å². The summed E-state index contributed by atoms with van der Waals surface area (Å²) in [5.41, 5.74) is 8.22. The number of hydrogen-bond acceptors (Lipinski definition) is 5. The van der Waals surface area contributed by atoms with E-state index in [1.54, 1.807) is 31.2 Å². The highest BCUT2D eigenvalue weighted by atomic mass is 32.3. The molecule has 0 saturated heterocycles. The minimum Gasteiger partial charge on any atom is -0.454 e. The molecule has 0 saturated carbocycles. The molecule has 0 atom stereocenters. The van der Waals surface area contributed by atoms with Crippen molar-refractivity contribution in [3.05, 3.63) is 95.1 Å². The van der Waals surface area contributed by atoms with Gasteiger partial charge in [-0.15, -0.1) is 0 Å². The molecule has 5 rings (SSSR count). The molecule has 0 aliphatic heterocycles. The molecule has 39 heavy (non-hydrogen) atoms. The molecule has 0 aliphatic carbocycles. The van der Waals surface area contributed by atoms with Crippen molar-refractivity contribution < 1.29 is 26.9 Å². The Hall–Kier alpha value is -4.58. The number of ether oxygens (including phenoxy) is 1. The molecular formula is C27H24F3N5O3S. The third kappa shape index (κ3) is 5.10. The van der Waals surface area contributed by atoms with E-state index < -0.39 is 33.4 Å². The number of ketones is 1. The summed E-state index contributed by atoms with van der Waals surface area (Å²) < 4.78 is 63.6. The van der Waals surface area contributed by atoms with Crippen molar-refractivity contribution in [2.75, 3.05) is 23.0 Å². The number of aromatic nitrogens is 3. The highest BCUT2D eigenvalue weighted by molar-refractivity contribution is 8.02. The SMILES string of the molecule is Cc1cc(Oc2cccc(F)c2F)ccc1-n1ncc(C(=O)c2cc3cc(N[SH](C)(C)=O)c(F)cc3[nH]2)c1N. The lowest BCUT2D eigenvalue weighted by molar-refractivity contribution is 0.103. The number of aromatic amines is 1. The van der Waals surface area contributed by atoms with E-state index in [0.29, 0.717) is 22.2 Å². The second-order valence-electron chi connectivity index (χ2n) is 9.35.